The number of hydrogen-bond donors (Lipinski definition) is 2. The molecular formula is C24H23NO3. The van der Waals surface area contributed by atoms with Crippen LogP contribution in [0.25, 0.3) is 0 Å². The summed E-state index contributed by atoms with van der Waals surface area (Å²) in [6.45, 7) is 0.483. The van der Waals surface area contributed by atoms with E-state index in [2.05, 4.69) is 0 Å². The first-order chi connectivity index (χ1) is 13.7. The van der Waals surface area contributed by atoms with Gasteiger partial charge in [-0.2, -0.15) is 0 Å². The Morgan fingerprint density at radius 3 is 1.54 bits per heavy atom. The largest absolute Gasteiger partial charge is 0.480 e. The predicted molar refractivity (Wildman–Crippen MR) is 108 cm³/mol. The maximum atomic E-state index is 12.2. The molecule has 0 spiro atoms. The first-order valence-corrected chi connectivity index (χ1v) is 9.50. The minimum Gasteiger partial charge on any atom is -0.480 e. The maximum absolute atomic E-state index is 12.2. The van der Waals surface area contributed by atoms with Gasteiger partial charge in [0, 0.05) is 6.54 Å². The molecule has 0 saturated carbocycles. The highest BCUT2D eigenvalue weighted by Crippen LogP contribution is 2.45. The van der Waals surface area contributed by atoms with E-state index in [0.717, 1.165) is 16.7 Å². The molecule has 0 bridgehead atoms. The number of aliphatic hydroxyl groups is 1. The number of benzene rings is 3. The molecule has 0 amide bonds. The van der Waals surface area contributed by atoms with Crippen molar-refractivity contribution >= 4 is 5.97 Å². The van der Waals surface area contributed by atoms with Gasteiger partial charge in [-0.05, 0) is 23.1 Å². The van der Waals surface area contributed by atoms with Crippen molar-refractivity contribution in [1.82, 2.24) is 4.90 Å². The molecule has 3 aromatic carbocycles. The lowest BCUT2D eigenvalue weighted by atomic mass is 9.75. The van der Waals surface area contributed by atoms with Gasteiger partial charge in [-0.25, -0.2) is 0 Å². The predicted octanol–water partition coefficient (Wildman–Crippen LogP) is 3.50. The van der Waals surface area contributed by atoms with Crippen LogP contribution in [0.4, 0.5) is 0 Å². The van der Waals surface area contributed by atoms with Gasteiger partial charge in [0.25, 0.3) is 0 Å². The number of nitrogens with zero attached hydrogens (tertiary/aromatic N) is 1. The summed E-state index contributed by atoms with van der Waals surface area (Å²) in [6, 6.07) is 28.9. The Morgan fingerprint density at radius 2 is 1.18 bits per heavy atom. The van der Waals surface area contributed by atoms with Gasteiger partial charge < -0.3 is 10.2 Å². The van der Waals surface area contributed by atoms with Crippen LogP contribution in [-0.4, -0.2) is 39.8 Å². The molecule has 4 nitrogen and oxygen atoms in total. The summed E-state index contributed by atoms with van der Waals surface area (Å²) in [5.74, 6) is -1.00. The number of likely N-dealkylation sites (tertiary alicyclic amines) is 1. The Balaban J connectivity index is 2.06. The van der Waals surface area contributed by atoms with Gasteiger partial charge in [-0.3, -0.25) is 9.69 Å². The summed E-state index contributed by atoms with van der Waals surface area (Å²) in [7, 11) is 0. The molecule has 0 radical (unpaired) electrons. The van der Waals surface area contributed by atoms with Crippen LogP contribution in [0, 0.1) is 0 Å². The second-order valence-electron chi connectivity index (χ2n) is 7.14. The van der Waals surface area contributed by atoms with Crippen molar-refractivity contribution in [1.29, 1.82) is 0 Å². The van der Waals surface area contributed by atoms with E-state index < -0.39 is 23.7 Å². The molecule has 0 aliphatic carbocycles. The molecule has 0 aromatic heterocycles. The number of rotatable bonds is 5. The molecule has 1 saturated heterocycles. The SMILES string of the molecule is O=C(O)[C@@H]1C(O)CCN1C(c1ccccc1)(c1ccccc1)c1ccccc1. The quantitative estimate of drug-likeness (QED) is 0.672. The lowest BCUT2D eigenvalue weighted by Crippen LogP contribution is -2.54. The zero-order valence-corrected chi connectivity index (χ0v) is 15.5. The van der Waals surface area contributed by atoms with Crippen molar-refractivity contribution in [2.24, 2.45) is 0 Å². The van der Waals surface area contributed by atoms with Gasteiger partial charge in [0.1, 0.15) is 6.04 Å². The van der Waals surface area contributed by atoms with E-state index >= 15 is 0 Å². The van der Waals surface area contributed by atoms with Crippen molar-refractivity contribution in [2.45, 2.75) is 24.1 Å². The molecule has 2 N–H and O–H groups in total. The van der Waals surface area contributed by atoms with Gasteiger partial charge in [-0.15, -0.1) is 0 Å². The molecule has 4 rings (SSSR count). The van der Waals surface area contributed by atoms with Crippen LogP contribution in [0.1, 0.15) is 23.1 Å². The number of aliphatic carboxylic acids is 1. The zero-order valence-electron chi connectivity index (χ0n) is 15.5. The van der Waals surface area contributed by atoms with Crippen molar-refractivity contribution in [3.8, 4) is 0 Å². The van der Waals surface area contributed by atoms with Gasteiger partial charge in [0.05, 0.1) is 11.6 Å². The maximum Gasteiger partial charge on any atom is 0.323 e. The first kappa shape index (κ1) is 18.4. The second-order valence-corrected chi connectivity index (χ2v) is 7.14. The van der Waals surface area contributed by atoms with E-state index in [1.54, 1.807) is 0 Å². The summed E-state index contributed by atoms with van der Waals surface area (Å²) in [6.07, 6.45) is -0.487. The van der Waals surface area contributed by atoms with Crippen LogP contribution in [-0.2, 0) is 10.3 Å². The van der Waals surface area contributed by atoms with Gasteiger partial charge in [-0.1, -0.05) is 91.0 Å². The van der Waals surface area contributed by atoms with Crippen LogP contribution in [0.3, 0.4) is 0 Å². The summed E-state index contributed by atoms with van der Waals surface area (Å²) in [5, 5.41) is 20.5. The average molecular weight is 373 g/mol. The van der Waals surface area contributed by atoms with E-state index in [9.17, 15) is 15.0 Å². The Bertz CT molecular complexity index is 831. The topological polar surface area (TPSA) is 60.8 Å². The molecule has 1 fully saturated rings. The standard InChI is InChI=1S/C24H23NO3/c26-21-16-17-25(22(21)23(27)28)24(18-10-4-1-5-11-18,19-12-6-2-7-13-19)20-14-8-3-9-15-20/h1-15,21-22,26H,16-17H2,(H,27,28)/t21?,22-/m0/s1. The van der Waals surface area contributed by atoms with Gasteiger partial charge in [0.2, 0.25) is 0 Å². The van der Waals surface area contributed by atoms with E-state index in [4.69, 9.17) is 0 Å². The highest BCUT2D eigenvalue weighted by molar-refractivity contribution is 5.75. The lowest BCUT2D eigenvalue weighted by molar-refractivity contribution is -0.146. The van der Waals surface area contributed by atoms with Crippen molar-refractivity contribution in [3.63, 3.8) is 0 Å². The monoisotopic (exact) mass is 373 g/mol. The van der Waals surface area contributed by atoms with Crippen molar-refractivity contribution in [3.05, 3.63) is 108 Å². The zero-order chi connectivity index (χ0) is 19.6. The summed E-state index contributed by atoms with van der Waals surface area (Å²) >= 11 is 0. The molecule has 1 heterocycles. The van der Waals surface area contributed by atoms with Gasteiger partial charge in [0.15, 0.2) is 0 Å². The second kappa shape index (κ2) is 7.58. The minimum atomic E-state index is -1.00. The van der Waals surface area contributed by atoms with Crippen LogP contribution in [0.2, 0.25) is 0 Å². The third kappa shape index (κ3) is 2.91. The smallest absolute Gasteiger partial charge is 0.323 e. The first-order valence-electron chi connectivity index (χ1n) is 9.50. The number of aliphatic hydroxyl groups excluding tert-OH is 1. The minimum absolute atomic E-state index is 0.422. The molecule has 142 valence electrons. The van der Waals surface area contributed by atoms with Crippen molar-refractivity contribution in [2.75, 3.05) is 6.54 Å². The van der Waals surface area contributed by atoms with Crippen LogP contribution < -0.4 is 0 Å². The number of carbonyl (C=O) groups is 1. The molecule has 1 unspecified atom stereocenters. The number of carboxylic acids is 1. The van der Waals surface area contributed by atoms with Crippen LogP contribution >= 0.6 is 0 Å². The van der Waals surface area contributed by atoms with Crippen LogP contribution in [0.15, 0.2) is 91.0 Å². The average Bonchev–Trinajstić information content (AvgIpc) is 3.13. The fraction of sp³-hybridized carbons (Fsp3) is 0.208. The lowest BCUT2D eigenvalue weighted by Gasteiger charge is -2.45. The fourth-order valence-electron chi connectivity index (χ4n) is 4.49. The van der Waals surface area contributed by atoms with E-state index in [1.807, 2.05) is 95.9 Å². The summed E-state index contributed by atoms with van der Waals surface area (Å²) in [4.78, 5) is 14.1. The Hall–Kier alpha value is -2.95. The third-order valence-corrected chi connectivity index (χ3v) is 5.62. The summed E-state index contributed by atoms with van der Waals surface area (Å²) in [5.41, 5.74) is 2.12. The Morgan fingerprint density at radius 1 is 0.786 bits per heavy atom. The fourth-order valence-corrected chi connectivity index (χ4v) is 4.49. The summed E-state index contributed by atoms with van der Waals surface area (Å²) < 4.78 is 0. The normalized spacial score (nSPS) is 20.2. The molecular weight excluding hydrogens is 350 g/mol. The number of hydrogen-bond acceptors (Lipinski definition) is 3. The Labute approximate surface area is 164 Å². The van der Waals surface area contributed by atoms with Gasteiger partial charge >= 0.3 is 5.97 Å². The molecule has 1 aliphatic rings. The van der Waals surface area contributed by atoms with E-state index in [-0.39, 0.29) is 0 Å². The molecule has 28 heavy (non-hydrogen) atoms. The number of carboxylic acid groups (broad SMARTS) is 1. The highest BCUT2D eigenvalue weighted by Gasteiger charge is 2.52. The highest BCUT2D eigenvalue weighted by atomic mass is 16.4. The van der Waals surface area contributed by atoms with E-state index in [1.165, 1.54) is 0 Å². The Kier molecular flexibility index (Phi) is 4.99. The molecule has 2 atom stereocenters. The van der Waals surface area contributed by atoms with E-state index in [0.29, 0.717) is 13.0 Å². The third-order valence-electron chi connectivity index (χ3n) is 5.62. The molecule has 3 aromatic rings. The molecule has 1 aliphatic heterocycles. The van der Waals surface area contributed by atoms with Crippen molar-refractivity contribution < 1.29 is 15.0 Å². The molecule has 4 heteroatoms. The van der Waals surface area contributed by atoms with Crippen LogP contribution in [0.5, 0.6) is 0 Å².